The lowest BCUT2D eigenvalue weighted by molar-refractivity contribution is -0.698. The number of fused-ring (bicyclic) bond motifs is 1. The van der Waals surface area contributed by atoms with Gasteiger partial charge in [-0.2, -0.15) is 17.7 Å². The zero-order chi connectivity index (χ0) is 14.0. The summed E-state index contributed by atoms with van der Waals surface area (Å²) in [5, 5.41) is 0. The van der Waals surface area contributed by atoms with Crippen LogP contribution in [0.1, 0.15) is 13.8 Å². The first kappa shape index (κ1) is 14.5. The number of alkyl halides is 3. The molecule has 0 saturated heterocycles. The summed E-state index contributed by atoms with van der Waals surface area (Å²) in [5.74, 6) is 0.683. The maximum Gasteiger partial charge on any atom is 0.452 e. The van der Waals surface area contributed by atoms with Crippen LogP contribution >= 0.6 is 23.1 Å². The van der Waals surface area contributed by atoms with Gasteiger partial charge in [-0.05, 0) is 19.9 Å². The molecule has 1 aromatic heterocycles. The van der Waals surface area contributed by atoms with Gasteiger partial charge >= 0.3 is 9.85 Å². The van der Waals surface area contributed by atoms with Crippen LogP contribution in [0.3, 0.4) is 0 Å². The number of hydrogen-bond donors (Lipinski definition) is 0. The zero-order valence-corrected chi connectivity index (χ0v) is 12.1. The normalized spacial score (nSPS) is 12.1. The minimum atomic E-state index is -4.26. The van der Waals surface area contributed by atoms with Crippen LogP contribution in [0, 0.1) is 0 Å². The van der Waals surface area contributed by atoms with Crippen LogP contribution < -0.4 is 9.30 Å². The molecule has 1 heterocycles. The fraction of sp³-hybridized carbons (Fsp3) is 0.417. The van der Waals surface area contributed by atoms with E-state index in [1.54, 1.807) is 22.8 Å². The molecule has 0 spiro atoms. The molecule has 2 aromatic rings. The first-order chi connectivity index (χ1) is 8.94. The minimum Gasteiger partial charge on any atom is -0.494 e. The standard InChI is InChI=1S/C12H13F3NOS2/c1-3-16-9-6-5-8(17-4-2)7-10(9)18-11(16)19-12(13,14)15/h5-7H,3-4H2,1-2H3/q+1. The van der Waals surface area contributed by atoms with Crippen molar-refractivity contribution in [3.63, 3.8) is 0 Å². The number of aromatic nitrogens is 1. The fourth-order valence-corrected chi connectivity index (χ4v) is 4.02. The molecule has 104 valence electrons. The quantitative estimate of drug-likeness (QED) is 0.620. The molecule has 19 heavy (non-hydrogen) atoms. The van der Waals surface area contributed by atoms with Crippen LogP contribution in [0.2, 0.25) is 0 Å². The van der Waals surface area contributed by atoms with Crippen LogP contribution in [-0.4, -0.2) is 12.1 Å². The van der Waals surface area contributed by atoms with E-state index in [4.69, 9.17) is 4.74 Å². The number of benzene rings is 1. The van der Waals surface area contributed by atoms with Crippen LogP contribution in [-0.2, 0) is 6.54 Å². The number of thiazole rings is 1. The van der Waals surface area contributed by atoms with E-state index in [1.165, 1.54) is 0 Å². The van der Waals surface area contributed by atoms with Crippen molar-refractivity contribution in [2.75, 3.05) is 6.61 Å². The van der Waals surface area contributed by atoms with Crippen LogP contribution in [0.4, 0.5) is 13.2 Å². The summed E-state index contributed by atoms with van der Waals surface area (Å²) in [6, 6.07) is 5.38. The Morgan fingerprint density at radius 1 is 1.32 bits per heavy atom. The Kier molecular flexibility index (Phi) is 4.25. The Balaban J connectivity index is 2.47. The average Bonchev–Trinajstić information content (AvgIpc) is 2.63. The molecule has 0 N–H and O–H groups in total. The highest BCUT2D eigenvalue weighted by atomic mass is 32.2. The molecule has 1 aromatic carbocycles. The molecule has 0 aliphatic heterocycles. The molecule has 0 bridgehead atoms. The van der Waals surface area contributed by atoms with Gasteiger partial charge in [-0.25, -0.2) is 0 Å². The second-order valence-corrected chi connectivity index (χ2v) is 6.07. The third kappa shape index (κ3) is 3.33. The predicted molar refractivity (Wildman–Crippen MR) is 70.8 cm³/mol. The van der Waals surface area contributed by atoms with Gasteiger partial charge in [0.15, 0.2) is 0 Å². The Hall–Kier alpha value is -0.950. The summed E-state index contributed by atoms with van der Waals surface area (Å²) in [6.07, 6.45) is 0. The Morgan fingerprint density at radius 2 is 2.05 bits per heavy atom. The predicted octanol–water partition coefficient (Wildman–Crippen LogP) is 4.22. The van der Waals surface area contributed by atoms with Crippen LogP contribution in [0.5, 0.6) is 5.75 Å². The summed E-state index contributed by atoms with van der Waals surface area (Å²) in [6.45, 7) is 4.75. The van der Waals surface area contributed by atoms with Gasteiger partial charge < -0.3 is 4.74 Å². The lowest BCUT2D eigenvalue weighted by Gasteiger charge is -2.01. The van der Waals surface area contributed by atoms with Gasteiger partial charge in [-0.3, -0.25) is 0 Å². The van der Waals surface area contributed by atoms with Gasteiger partial charge in [0.25, 0.3) is 0 Å². The van der Waals surface area contributed by atoms with Crippen molar-refractivity contribution < 1.29 is 22.5 Å². The monoisotopic (exact) mass is 308 g/mol. The van der Waals surface area contributed by atoms with Crippen molar-refractivity contribution in [1.29, 1.82) is 0 Å². The van der Waals surface area contributed by atoms with E-state index < -0.39 is 5.51 Å². The highest BCUT2D eigenvalue weighted by molar-refractivity contribution is 8.01. The molecule has 0 fully saturated rings. The number of thioether (sulfide) groups is 1. The van der Waals surface area contributed by atoms with Gasteiger partial charge in [0.05, 0.1) is 18.4 Å². The highest BCUT2D eigenvalue weighted by Gasteiger charge is 2.36. The van der Waals surface area contributed by atoms with Gasteiger partial charge in [-0.1, -0.05) is 11.3 Å². The minimum absolute atomic E-state index is 0.0624. The molecule has 0 unspecified atom stereocenters. The van der Waals surface area contributed by atoms with Crippen LogP contribution in [0.15, 0.2) is 22.5 Å². The molecule has 2 rings (SSSR count). The Morgan fingerprint density at radius 3 is 2.63 bits per heavy atom. The number of ether oxygens (including phenoxy) is 1. The van der Waals surface area contributed by atoms with E-state index in [9.17, 15) is 13.2 Å². The SMILES string of the molecule is CCOc1ccc2c(c1)sc(SC(F)(F)F)[n+]2CC. The van der Waals surface area contributed by atoms with Crippen molar-refractivity contribution in [1.82, 2.24) is 0 Å². The summed E-state index contributed by atoms with van der Waals surface area (Å²) in [5.41, 5.74) is -3.46. The number of halogens is 3. The molecule has 0 saturated carbocycles. The van der Waals surface area contributed by atoms with E-state index in [-0.39, 0.29) is 16.1 Å². The fourth-order valence-electron chi connectivity index (χ4n) is 1.78. The molecular weight excluding hydrogens is 295 g/mol. The van der Waals surface area contributed by atoms with E-state index in [1.807, 2.05) is 13.8 Å². The summed E-state index contributed by atoms with van der Waals surface area (Å²) >= 11 is 1.08. The van der Waals surface area contributed by atoms with Gasteiger partial charge in [0.2, 0.25) is 5.52 Å². The topological polar surface area (TPSA) is 13.1 Å². The van der Waals surface area contributed by atoms with Gasteiger partial charge in [-0.15, -0.1) is 0 Å². The second-order valence-electron chi connectivity index (χ2n) is 3.72. The van der Waals surface area contributed by atoms with E-state index >= 15 is 0 Å². The van der Waals surface area contributed by atoms with Crippen molar-refractivity contribution in [3.05, 3.63) is 18.2 Å². The highest BCUT2D eigenvalue weighted by Crippen LogP contribution is 2.40. The van der Waals surface area contributed by atoms with E-state index in [2.05, 4.69) is 0 Å². The Bertz CT molecular complexity index is 580. The van der Waals surface area contributed by atoms with Crippen LogP contribution in [0.25, 0.3) is 10.2 Å². The first-order valence-corrected chi connectivity index (χ1v) is 7.42. The summed E-state index contributed by atoms with van der Waals surface area (Å²) in [7, 11) is 0. The van der Waals surface area contributed by atoms with Crippen molar-refractivity contribution >= 4 is 33.3 Å². The van der Waals surface area contributed by atoms with Crippen molar-refractivity contribution in [3.8, 4) is 5.75 Å². The maximum atomic E-state index is 12.5. The van der Waals surface area contributed by atoms with Crippen molar-refractivity contribution in [2.24, 2.45) is 0 Å². The molecule has 0 radical (unpaired) electrons. The average molecular weight is 308 g/mol. The van der Waals surface area contributed by atoms with Crippen molar-refractivity contribution in [2.45, 2.75) is 30.2 Å². The number of hydrogen-bond acceptors (Lipinski definition) is 3. The molecule has 2 nitrogen and oxygen atoms in total. The van der Waals surface area contributed by atoms with E-state index in [0.29, 0.717) is 18.9 Å². The third-order valence-electron chi connectivity index (χ3n) is 2.47. The zero-order valence-electron chi connectivity index (χ0n) is 10.5. The molecule has 0 amide bonds. The maximum absolute atomic E-state index is 12.5. The number of aryl methyl sites for hydroxylation is 1. The summed E-state index contributed by atoms with van der Waals surface area (Å²) in [4.78, 5) is 0. The van der Waals surface area contributed by atoms with E-state index in [0.717, 1.165) is 21.6 Å². The Labute approximate surface area is 117 Å². The lowest BCUT2D eigenvalue weighted by Crippen LogP contribution is -2.33. The third-order valence-corrected chi connectivity index (χ3v) is 4.54. The number of rotatable bonds is 4. The molecule has 0 atom stereocenters. The summed E-state index contributed by atoms with van der Waals surface area (Å²) < 4.78 is 45.6. The van der Waals surface area contributed by atoms with Gasteiger partial charge in [0.1, 0.15) is 17.0 Å². The van der Waals surface area contributed by atoms with Gasteiger partial charge in [0, 0.05) is 12.1 Å². The largest absolute Gasteiger partial charge is 0.494 e. The molecule has 7 heteroatoms. The smallest absolute Gasteiger partial charge is 0.452 e. The lowest BCUT2D eigenvalue weighted by atomic mass is 10.3. The molecule has 0 aliphatic carbocycles. The number of nitrogens with zero attached hydrogens (tertiary/aromatic N) is 1. The molecular formula is C12H13F3NOS2+. The molecule has 0 aliphatic rings. The second kappa shape index (κ2) is 5.58. The first-order valence-electron chi connectivity index (χ1n) is 5.79.